The van der Waals surface area contributed by atoms with Crippen molar-refractivity contribution in [3.63, 3.8) is 0 Å². The van der Waals surface area contributed by atoms with Crippen molar-refractivity contribution in [3.8, 4) is 11.5 Å². The van der Waals surface area contributed by atoms with Gasteiger partial charge in [-0.25, -0.2) is 0 Å². The van der Waals surface area contributed by atoms with E-state index in [0.29, 0.717) is 30.4 Å². The Morgan fingerprint density at radius 3 is 2.36 bits per heavy atom. The second-order valence-corrected chi connectivity index (χ2v) is 6.01. The van der Waals surface area contributed by atoms with E-state index in [4.69, 9.17) is 9.47 Å². The maximum Gasteiger partial charge on any atom is 0.246 e. The van der Waals surface area contributed by atoms with Gasteiger partial charge in [-0.2, -0.15) is 0 Å². The molecule has 28 heavy (non-hydrogen) atoms. The Hall–Kier alpha value is -3.28. The van der Waals surface area contributed by atoms with Gasteiger partial charge in [-0.1, -0.05) is 30.3 Å². The number of likely N-dealkylation sites (N-methyl/N-ethyl adjacent to an activating group) is 1. The van der Waals surface area contributed by atoms with E-state index in [9.17, 15) is 9.59 Å². The van der Waals surface area contributed by atoms with Crippen LogP contribution in [0.4, 0.5) is 5.69 Å². The lowest BCUT2D eigenvalue weighted by Crippen LogP contribution is -2.33. The van der Waals surface area contributed by atoms with Gasteiger partial charge in [0.15, 0.2) is 11.5 Å². The quantitative estimate of drug-likeness (QED) is 0.673. The van der Waals surface area contributed by atoms with Crippen molar-refractivity contribution < 1.29 is 19.1 Å². The molecule has 0 bridgehead atoms. The van der Waals surface area contributed by atoms with Crippen molar-refractivity contribution in [2.24, 2.45) is 0 Å². The molecule has 0 radical (unpaired) electrons. The number of carbonyl (C=O) groups excluding carboxylic acids is 2. The molecule has 2 aromatic carbocycles. The fourth-order valence-corrected chi connectivity index (χ4v) is 2.48. The Kier molecular flexibility index (Phi) is 8.09. The number of carbonyl (C=O) groups is 2. The number of nitrogens with one attached hydrogen (secondary N) is 1. The monoisotopic (exact) mass is 382 g/mol. The summed E-state index contributed by atoms with van der Waals surface area (Å²) in [7, 11) is 1.58. The predicted octanol–water partition coefficient (Wildman–Crippen LogP) is 3.59. The van der Waals surface area contributed by atoms with Crippen LogP contribution in [-0.2, 0) is 9.59 Å². The molecule has 0 unspecified atom stereocenters. The first-order chi connectivity index (χ1) is 13.5. The lowest BCUT2D eigenvalue weighted by atomic mass is 10.2. The molecule has 6 nitrogen and oxygen atoms in total. The van der Waals surface area contributed by atoms with Crippen molar-refractivity contribution in [3.05, 3.63) is 60.2 Å². The third-order valence-electron chi connectivity index (χ3n) is 3.80. The topological polar surface area (TPSA) is 67.9 Å². The summed E-state index contributed by atoms with van der Waals surface area (Å²) < 4.78 is 11.1. The van der Waals surface area contributed by atoms with Crippen molar-refractivity contribution >= 4 is 23.6 Å². The first-order valence-electron chi connectivity index (χ1n) is 9.21. The summed E-state index contributed by atoms with van der Waals surface area (Å²) in [6.45, 7) is 4.72. The summed E-state index contributed by atoms with van der Waals surface area (Å²) in [5, 5.41) is 2.78. The zero-order chi connectivity index (χ0) is 20.4. The van der Waals surface area contributed by atoms with Gasteiger partial charge in [0.1, 0.15) is 0 Å². The first kappa shape index (κ1) is 21.0. The maximum atomic E-state index is 12.3. The third-order valence-corrected chi connectivity index (χ3v) is 3.80. The Labute approximate surface area is 165 Å². The summed E-state index contributed by atoms with van der Waals surface area (Å²) in [6.07, 6.45) is 3.17. The molecule has 0 spiro atoms. The van der Waals surface area contributed by atoms with Crippen molar-refractivity contribution in [2.45, 2.75) is 13.8 Å². The van der Waals surface area contributed by atoms with E-state index in [-0.39, 0.29) is 18.4 Å². The second kappa shape index (κ2) is 10.8. The first-order valence-corrected chi connectivity index (χ1v) is 9.21. The van der Waals surface area contributed by atoms with E-state index < -0.39 is 0 Å². The summed E-state index contributed by atoms with van der Waals surface area (Å²) in [4.78, 5) is 25.8. The third kappa shape index (κ3) is 6.46. The maximum absolute atomic E-state index is 12.3. The van der Waals surface area contributed by atoms with Crippen LogP contribution >= 0.6 is 0 Å². The largest absolute Gasteiger partial charge is 0.490 e. The predicted molar refractivity (Wildman–Crippen MR) is 111 cm³/mol. The van der Waals surface area contributed by atoms with E-state index in [1.807, 2.05) is 44.2 Å². The average Bonchev–Trinajstić information content (AvgIpc) is 2.69. The van der Waals surface area contributed by atoms with Crippen LogP contribution in [-0.4, -0.2) is 43.5 Å². The van der Waals surface area contributed by atoms with Crippen molar-refractivity contribution in [1.29, 1.82) is 0 Å². The summed E-state index contributed by atoms with van der Waals surface area (Å²) in [5.74, 6) is 0.648. The second-order valence-electron chi connectivity index (χ2n) is 6.01. The van der Waals surface area contributed by atoms with Gasteiger partial charge in [0.05, 0.1) is 19.8 Å². The normalized spacial score (nSPS) is 10.5. The fraction of sp³-hybridized carbons (Fsp3) is 0.273. The molecule has 0 saturated heterocycles. The zero-order valence-electron chi connectivity index (χ0n) is 16.5. The standard InChI is InChI=1S/C22H26N2O4/c1-4-27-19-13-12-18(15-20(19)28-5-2)23-21(25)16-24(3)22(26)14-11-17-9-7-6-8-10-17/h6-15H,4-5,16H2,1-3H3,(H,23,25)/b14-11+. The van der Waals surface area contributed by atoms with Crippen LogP contribution < -0.4 is 14.8 Å². The molecule has 0 saturated carbocycles. The van der Waals surface area contributed by atoms with Gasteiger partial charge in [0, 0.05) is 24.9 Å². The SMILES string of the molecule is CCOc1ccc(NC(=O)CN(C)C(=O)/C=C/c2ccccc2)cc1OCC. The van der Waals surface area contributed by atoms with E-state index in [0.717, 1.165) is 5.56 Å². The molecule has 0 aliphatic heterocycles. The molecular weight excluding hydrogens is 356 g/mol. The van der Waals surface area contributed by atoms with Crippen LogP contribution in [0.15, 0.2) is 54.6 Å². The Balaban J connectivity index is 1.94. The summed E-state index contributed by atoms with van der Waals surface area (Å²) in [5.41, 5.74) is 1.50. The number of hydrogen-bond acceptors (Lipinski definition) is 4. The Morgan fingerprint density at radius 1 is 1.00 bits per heavy atom. The number of benzene rings is 2. The molecule has 6 heteroatoms. The van der Waals surface area contributed by atoms with Gasteiger partial charge in [0.2, 0.25) is 11.8 Å². The fourth-order valence-electron chi connectivity index (χ4n) is 2.48. The van der Waals surface area contributed by atoms with E-state index in [2.05, 4.69) is 5.32 Å². The van der Waals surface area contributed by atoms with Gasteiger partial charge in [-0.15, -0.1) is 0 Å². The van der Waals surface area contributed by atoms with E-state index in [1.54, 1.807) is 31.3 Å². The Morgan fingerprint density at radius 2 is 1.68 bits per heavy atom. The highest BCUT2D eigenvalue weighted by molar-refractivity contribution is 5.98. The molecule has 2 amide bonds. The van der Waals surface area contributed by atoms with E-state index >= 15 is 0 Å². The number of hydrogen-bond donors (Lipinski definition) is 1. The molecule has 148 valence electrons. The lowest BCUT2D eigenvalue weighted by Gasteiger charge is -2.16. The van der Waals surface area contributed by atoms with Gasteiger partial charge in [-0.3, -0.25) is 9.59 Å². The molecule has 0 aliphatic rings. The van der Waals surface area contributed by atoms with Crippen LogP contribution in [0.2, 0.25) is 0 Å². The highest BCUT2D eigenvalue weighted by Gasteiger charge is 2.12. The molecule has 0 aliphatic carbocycles. The minimum atomic E-state index is -0.296. The number of rotatable bonds is 9. The number of amides is 2. The molecule has 1 N–H and O–H groups in total. The molecule has 0 heterocycles. The lowest BCUT2D eigenvalue weighted by molar-refractivity contribution is -0.129. The number of anilines is 1. The zero-order valence-corrected chi connectivity index (χ0v) is 16.5. The highest BCUT2D eigenvalue weighted by Crippen LogP contribution is 2.30. The van der Waals surface area contributed by atoms with Crippen LogP contribution in [0, 0.1) is 0 Å². The van der Waals surface area contributed by atoms with Crippen LogP contribution in [0.25, 0.3) is 6.08 Å². The van der Waals surface area contributed by atoms with Crippen molar-refractivity contribution in [2.75, 3.05) is 32.1 Å². The molecule has 0 aromatic heterocycles. The van der Waals surface area contributed by atoms with Gasteiger partial charge < -0.3 is 19.7 Å². The molecule has 0 fully saturated rings. The van der Waals surface area contributed by atoms with Crippen LogP contribution in [0.5, 0.6) is 11.5 Å². The van der Waals surface area contributed by atoms with Crippen LogP contribution in [0.1, 0.15) is 19.4 Å². The van der Waals surface area contributed by atoms with Gasteiger partial charge in [0.25, 0.3) is 0 Å². The summed E-state index contributed by atoms with van der Waals surface area (Å²) in [6, 6.07) is 14.7. The molecule has 2 aromatic rings. The minimum Gasteiger partial charge on any atom is -0.490 e. The summed E-state index contributed by atoms with van der Waals surface area (Å²) >= 11 is 0. The van der Waals surface area contributed by atoms with Crippen molar-refractivity contribution in [1.82, 2.24) is 4.90 Å². The molecule has 2 rings (SSSR count). The number of ether oxygens (including phenoxy) is 2. The smallest absolute Gasteiger partial charge is 0.246 e. The molecular formula is C22H26N2O4. The van der Waals surface area contributed by atoms with Gasteiger partial charge in [-0.05, 0) is 37.6 Å². The van der Waals surface area contributed by atoms with E-state index in [1.165, 1.54) is 11.0 Å². The Bertz CT molecular complexity index is 819. The van der Waals surface area contributed by atoms with Gasteiger partial charge >= 0.3 is 0 Å². The minimum absolute atomic E-state index is 0.0604. The average molecular weight is 382 g/mol. The highest BCUT2D eigenvalue weighted by atomic mass is 16.5. The number of nitrogens with zero attached hydrogens (tertiary/aromatic N) is 1. The molecule has 0 atom stereocenters. The van der Waals surface area contributed by atoms with Crippen LogP contribution in [0.3, 0.4) is 0 Å².